The summed E-state index contributed by atoms with van der Waals surface area (Å²) in [5.41, 5.74) is 0. The lowest BCUT2D eigenvalue weighted by molar-refractivity contribution is -0.406. The van der Waals surface area contributed by atoms with E-state index in [4.69, 9.17) is 0 Å². The van der Waals surface area contributed by atoms with Gasteiger partial charge in [0, 0.05) is 0 Å². The molecule has 1 atom stereocenters. The largest absolute Gasteiger partial charge is 0.491 e. The lowest BCUT2D eigenvalue weighted by Crippen LogP contribution is -2.32. The van der Waals surface area contributed by atoms with Gasteiger partial charge in [-0.15, -0.1) is 16.4 Å². The van der Waals surface area contributed by atoms with Crippen LogP contribution in [0, 0.1) is 0 Å². The van der Waals surface area contributed by atoms with Gasteiger partial charge in [0.15, 0.2) is 0 Å². The number of thiophene rings is 1. The first-order chi connectivity index (χ1) is 12.8. The van der Waals surface area contributed by atoms with Gasteiger partial charge in [0.2, 0.25) is 0 Å². The summed E-state index contributed by atoms with van der Waals surface area (Å²) in [4.78, 5) is 35.2. The Balaban J connectivity index is 2.03. The average molecular weight is 431 g/mol. The van der Waals surface area contributed by atoms with Crippen molar-refractivity contribution in [3.8, 4) is 6.01 Å². The lowest BCUT2D eigenvalue weighted by Gasteiger charge is -2.07. The molecule has 28 heavy (non-hydrogen) atoms. The van der Waals surface area contributed by atoms with E-state index in [1.807, 2.05) is 0 Å². The smallest absolute Gasteiger partial charge is 0.358 e. The number of nitrogens with one attached hydrogen (secondary N) is 3. The van der Waals surface area contributed by atoms with Crippen LogP contribution in [0.3, 0.4) is 0 Å². The number of alkyl halides is 6. The van der Waals surface area contributed by atoms with Gasteiger partial charge >= 0.3 is 24.3 Å². The molecular formula is C13H9F6N4O4S+. The normalized spacial score (nSPS) is 13.1. The Hall–Kier alpha value is -2.97. The number of hydrogen-bond acceptors (Lipinski definition) is 6. The molecule has 0 aliphatic carbocycles. The molecule has 1 amide bonds. The number of aromatic amines is 2. The van der Waals surface area contributed by atoms with E-state index in [1.165, 1.54) is 6.92 Å². The van der Waals surface area contributed by atoms with Crippen LogP contribution in [0.5, 0.6) is 6.01 Å². The van der Waals surface area contributed by atoms with Crippen LogP contribution >= 0.6 is 11.3 Å². The number of rotatable bonds is 5. The van der Waals surface area contributed by atoms with Crippen molar-refractivity contribution >= 4 is 29.0 Å². The molecule has 2 aromatic heterocycles. The van der Waals surface area contributed by atoms with Gasteiger partial charge in [-0.25, -0.2) is 9.78 Å². The fourth-order valence-electron chi connectivity index (χ4n) is 1.74. The fourth-order valence-corrected chi connectivity index (χ4v) is 2.61. The highest BCUT2D eigenvalue weighted by atomic mass is 32.1. The van der Waals surface area contributed by atoms with Crippen LogP contribution in [0.1, 0.15) is 38.1 Å². The summed E-state index contributed by atoms with van der Waals surface area (Å²) in [6.45, 7) is 1.35. The third-order valence-electron chi connectivity index (χ3n) is 3.03. The number of hydrogen-bond donors (Lipinski definition) is 2. The first-order valence-corrected chi connectivity index (χ1v) is 7.89. The molecule has 15 heteroatoms. The molecule has 0 radical (unpaired) electrons. The van der Waals surface area contributed by atoms with Crippen LogP contribution in [0.4, 0.5) is 26.3 Å². The number of amides is 1. The van der Waals surface area contributed by atoms with Crippen LogP contribution in [0.2, 0.25) is 0 Å². The monoisotopic (exact) mass is 431 g/mol. The molecule has 0 bridgehead atoms. The van der Waals surface area contributed by atoms with E-state index < -0.39 is 46.9 Å². The van der Waals surface area contributed by atoms with Crippen molar-refractivity contribution in [1.29, 1.82) is 0 Å². The molecule has 0 aliphatic heterocycles. The molecule has 0 saturated carbocycles. The summed E-state index contributed by atoms with van der Waals surface area (Å²) in [6, 6.07) is 0.102. The zero-order chi connectivity index (χ0) is 21.3. The number of H-pyrrole nitrogens is 2. The first-order valence-electron chi connectivity index (χ1n) is 7.08. The second-order valence-electron chi connectivity index (χ2n) is 5.14. The zero-order valence-electron chi connectivity index (χ0n) is 13.5. The van der Waals surface area contributed by atoms with Crippen molar-refractivity contribution in [3.63, 3.8) is 0 Å². The zero-order valence-corrected chi connectivity index (χ0v) is 14.3. The molecule has 2 rings (SSSR count). The number of halogens is 6. The maximum Gasteiger partial charge on any atom is 0.491 e. The lowest BCUT2D eigenvalue weighted by atomic mass is 10.3. The minimum Gasteiger partial charge on any atom is -0.358 e. The third-order valence-corrected chi connectivity index (χ3v) is 4.11. The van der Waals surface area contributed by atoms with Gasteiger partial charge in [-0.1, -0.05) is 0 Å². The highest BCUT2D eigenvalue weighted by Gasteiger charge is 2.43. The Labute approximate surface area is 154 Å². The van der Waals surface area contributed by atoms with E-state index in [0.717, 1.165) is 12.1 Å². The van der Waals surface area contributed by atoms with Crippen molar-refractivity contribution in [1.82, 2.24) is 15.5 Å². The van der Waals surface area contributed by atoms with Gasteiger partial charge in [-0.05, 0) is 19.1 Å². The van der Waals surface area contributed by atoms with Gasteiger partial charge in [-0.3, -0.25) is 9.59 Å². The van der Waals surface area contributed by atoms with Crippen molar-refractivity contribution in [2.45, 2.75) is 25.3 Å². The van der Waals surface area contributed by atoms with Crippen molar-refractivity contribution < 1.29 is 50.4 Å². The van der Waals surface area contributed by atoms with Crippen LogP contribution in [0.25, 0.3) is 0 Å². The predicted molar refractivity (Wildman–Crippen MR) is 77.4 cm³/mol. The summed E-state index contributed by atoms with van der Waals surface area (Å²) >= 11 is 0.318. The second kappa shape index (κ2) is 7.57. The van der Waals surface area contributed by atoms with E-state index in [1.54, 1.807) is 0 Å². The maximum absolute atomic E-state index is 12.4. The minimum absolute atomic E-state index is 0.0681. The third kappa shape index (κ3) is 5.05. The Bertz CT molecular complexity index is 903. The molecule has 0 spiro atoms. The van der Waals surface area contributed by atoms with Gasteiger partial charge < -0.3 is 10.1 Å². The van der Waals surface area contributed by atoms with Crippen LogP contribution in [-0.2, 0) is 4.79 Å². The number of carbonyl (C=O) groups is 3. The molecule has 0 fully saturated rings. The van der Waals surface area contributed by atoms with Crippen molar-refractivity contribution in [2.24, 2.45) is 0 Å². The summed E-state index contributed by atoms with van der Waals surface area (Å²) in [5.74, 6) is -5.53. The number of Topliss-reactive ketones (excluding diaryl/α,β-unsaturated/α-hetero) is 1. The number of nitrogens with zero attached hydrogens (tertiary/aromatic N) is 1. The number of ether oxygens (including phenoxy) is 1. The second-order valence-corrected chi connectivity index (χ2v) is 6.22. The van der Waals surface area contributed by atoms with Crippen LogP contribution in [0.15, 0.2) is 12.1 Å². The molecule has 0 saturated heterocycles. The number of carbonyl (C=O) groups excluding carboxylic acids is 3. The Morgan fingerprint density at radius 1 is 1.14 bits per heavy atom. The first kappa shape index (κ1) is 21.3. The minimum atomic E-state index is -5.24. The van der Waals surface area contributed by atoms with E-state index in [0.29, 0.717) is 11.3 Å². The van der Waals surface area contributed by atoms with Gasteiger partial charge in [-0.2, -0.15) is 26.3 Å². The predicted octanol–water partition coefficient (Wildman–Crippen LogP) is 1.99. The molecule has 3 N–H and O–H groups in total. The fraction of sp³-hybridized carbons (Fsp3) is 0.308. The molecule has 2 heterocycles. The van der Waals surface area contributed by atoms with E-state index >= 15 is 0 Å². The topological polar surface area (TPSA) is 115 Å². The molecule has 8 nitrogen and oxygen atoms in total. The molecular weight excluding hydrogens is 422 g/mol. The number of ketones is 1. The average Bonchev–Trinajstić information content (AvgIpc) is 3.21. The SMILES string of the molecule is CC(NC(=O)c1ccc(C(=O)C(F)(F)F)s1)c1[nH]nc(OC(=O)C(F)(F)F)[nH+]1. The molecule has 0 aromatic carbocycles. The number of esters is 1. The number of aromatic nitrogens is 3. The van der Waals surface area contributed by atoms with E-state index in [-0.39, 0.29) is 10.7 Å². The Morgan fingerprint density at radius 2 is 1.75 bits per heavy atom. The molecule has 2 aromatic rings. The van der Waals surface area contributed by atoms with E-state index in [2.05, 4.69) is 25.2 Å². The highest BCUT2D eigenvalue weighted by molar-refractivity contribution is 7.16. The highest BCUT2D eigenvalue weighted by Crippen LogP contribution is 2.26. The summed E-state index contributed by atoms with van der Waals surface area (Å²) in [6.07, 6.45) is -10.3. The Morgan fingerprint density at radius 3 is 2.32 bits per heavy atom. The maximum atomic E-state index is 12.4. The standard InChI is InChI=1S/C13H8F6N4O4S/c1-4(8-21-11(23-22-8)27-10(26)13(17,18)19)20-9(25)6-3-2-5(28-6)7(24)12(14,15)16/h2-4H,1H3,(H,20,25)(H,21,22,23)/p+1. The Kier molecular flexibility index (Phi) is 5.77. The summed E-state index contributed by atoms with van der Waals surface area (Å²) in [5, 5.41) is 7.80. The van der Waals surface area contributed by atoms with Gasteiger partial charge in [0.25, 0.3) is 17.5 Å². The van der Waals surface area contributed by atoms with Crippen molar-refractivity contribution in [3.05, 3.63) is 27.7 Å². The van der Waals surface area contributed by atoms with Gasteiger partial charge in [0.05, 0.1) is 14.9 Å². The van der Waals surface area contributed by atoms with Gasteiger partial charge in [0.1, 0.15) is 6.04 Å². The quantitative estimate of drug-likeness (QED) is 0.427. The summed E-state index contributed by atoms with van der Waals surface area (Å²) in [7, 11) is 0. The van der Waals surface area contributed by atoms with Crippen LogP contribution < -0.4 is 15.0 Å². The summed E-state index contributed by atoms with van der Waals surface area (Å²) < 4.78 is 77.4. The van der Waals surface area contributed by atoms with E-state index in [9.17, 15) is 40.7 Å². The van der Waals surface area contributed by atoms with Crippen molar-refractivity contribution in [2.75, 3.05) is 0 Å². The molecule has 1 unspecified atom stereocenters. The molecule has 0 aliphatic rings. The molecule has 152 valence electrons. The van der Waals surface area contributed by atoms with Crippen LogP contribution in [-0.4, -0.2) is 40.2 Å².